The van der Waals surface area contributed by atoms with Gasteiger partial charge in [-0.3, -0.25) is 0 Å². The Labute approximate surface area is 77.8 Å². The van der Waals surface area contributed by atoms with E-state index in [1.54, 1.807) is 6.07 Å². The Morgan fingerprint density at radius 3 is 2.62 bits per heavy atom. The third kappa shape index (κ3) is 1.09. The fourth-order valence-corrected chi connectivity index (χ4v) is 2.18. The lowest BCUT2D eigenvalue weighted by Gasteiger charge is -2.13. The molecule has 70 valence electrons. The quantitative estimate of drug-likeness (QED) is 0.650. The standard InChI is InChI=1S/C11H14FN/c1-6-7(2)11(13)8-4-3-5-9(12)10(6)8/h3-7,11H,13H2,1-2H3. The molecule has 3 unspecified atom stereocenters. The van der Waals surface area contributed by atoms with E-state index in [1.165, 1.54) is 6.07 Å². The molecule has 1 aromatic carbocycles. The summed E-state index contributed by atoms with van der Waals surface area (Å²) in [7, 11) is 0. The molecule has 1 aliphatic rings. The summed E-state index contributed by atoms with van der Waals surface area (Å²) in [4.78, 5) is 0. The van der Waals surface area contributed by atoms with Gasteiger partial charge in [-0.2, -0.15) is 0 Å². The minimum Gasteiger partial charge on any atom is -0.324 e. The molecule has 2 N–H and O–H groups in total. The molecular weight excluding hydrogens is 165 g/mol. The van der Waals surface area contributed by atoms with E-state index in [2.05, 4.69) is 6.92 Å². The molecule has 0 bridgehead atoms. The zero-order valence-corrected chi connectivity index (χ0v) is 7.92. The van der Waals surface area contributed by atoms with E-state index in [4.69, 9.17) is 5.73 Å². The maximum atomic E-state index is 13.4. The number of benzene rings is 1. The van der Waals surface area contributed by atoms with E-state index >= 15 is 0 Å². The molecule has 2 rings (SSSR count). The van der Waals surface area contributed by atoms with Crippen LogP contribution in [0.5, 0.6) is 0 Å². The first-order valence-electron chi connectivity index (χ1n) is 4.67. The van der Waals surface area contributed by atoms with Gasteiger partial charge in [0.25, 0.3) is 0 Å². The first-order chi connectivity index (χ1) is 6.13. The van der Waals surface area contributed by atoms with Crippen LogP contribution in [0.15, 0.2) is 18.2 Å². The predicted octanol–water partition coefficient (Wildman–Crippen LogP) is 2.58. The molecule has 0 amide bonds. The highest BCUT2D eigenvalue weighted by atomic mass is 19.1. The van der Waals surface area contributed by atoms with Crippen molar-refractivity contribution in [1.29, 1.82) is 0 Å². The van der Waals surface area contributed by atoms with Gasteiger partial charge in [-0.1, -0.05) is 26.0 Å². The molecule has 0 aliphatic heterocycles. The second kappa shape index (κ2) is 2.81. The Hall–Kier alpha value is -0.890. The lowest BCUT2D eigenvalue weighted by atomic mass is 9.95. The SMILES string of the molecule is CC1c2c(F)cccc2C(N)C1C. The first-order valence-corrected chi connectivity index (χ1v) is 4.67. The molecule has 1 aliphatic carbocycles. The highest BCUT2D eigenvalue weighted by molar-refractivity contribution is 5.39. The topological polar surface area (TPSA) is 26.0 Å². The Kier molecular flexibility index (Phi) is 1.88. The summed E-state index contributed by atoms with van der Waals surface area (Å²) >= 11 is 0. The smallest absolute Gasteiger partial charge is 0.127 e. The van der Waals surface area contributed by atoms with Crippen LogP contribution in [-0.4, -0.2) is 0 Å². The fourth-order valence-electron chi connectivity index (χ4n) is 2.18. The van der Waals surface area contributed by atoms with Crippen molar-refractivity contribution in [2.75, 3.05) is 0 Å². The molecule has 13 heavy (non-hydrogen) atoms. The molecule has 0 spiro atoms. The van der Waals surface area contributed by atoms with E-state index in [0.29, 0.717) is 5.92 Å². The highest BCUT2D eigenvalue weighted by Crippen LogP contribution is 2.44. The number of fused-ring (bicyclic) bond motifs is 1. The van der Waals surface area contributed by atoms with Gasteiger partial charge in [0.15, 0.2) is 0 Å². The van der Waals surface area contributed by atoms with Crippen LogP contribution in [0.2, 0.25) is 0 Å². The number of rotatable bonds is 0. The van der Waals surface area contributed by atoms with Gasteiger partial charge < -0.3 is 5.73 Å². The van der Waals surface area contributed by atoms with Crippen LogP contribution < -0.4 is 5.73 Å². The van der Waals surface area contributed by atoms with Gasteiger partial charge in [-0.15, -0.1) is 0 Å². The molecular formula is C11H14FN. The molecule has 0 saturated heterocycles. The van der Waals surface area contributed by atoms with Crippen molar-refractivity contribution in [2.24, 2.45) is 11.7 Å². The zero-order chi connectivity index (χ0) is 9.59. The van der Waals surface area contributed by atoms with Crippen LogP contribution in [0.4, 0.5) is 4.39 Å². The van der Waals surface area contributed by atoms with Gasteiger partial charge in [0.2, 0.25) is 0 Å². The monoisotopic (exact) mass is 179 g/mol. The summed E-state index contributed by atoms with van der Waals surface area (Å²) in [5.41, 5.74) is 7.79. The van der Waals surface area contributed by atoms with E-state index in [0.717, 1.165) is 11.1 Å². The van der Waals surface area contributed by atoms with E-state index in [9.17, 15) is 4.39 Å². The van der Waals surface area contributed by atoms with Crippen LogP contribution in [0.1, 0.15) is 36.9 Å². The Bertz CT molecular complexity index is 335. The molecule has 2 heteroatoms. The van der Waals surface area contributed by atoms with E-state index in [-0.39, 0.29) is 17.8 Å². The summed E-state index contributed by atoms with van der Waals surface area (Å²) in [6.45, 7) is 4.12. The Morgan fingerprint density at radius 1 is 1.31 bits per heavy atom. The van der Waals surface area contributed by atoms with Gasteiger partial charge in [0, 0.05) is 6.04 Å². The number of hydrogen-bond donors (Lipinski definition) is 1. The number of hydrogen-bond acceptors (Lipinski definition) is 1. The van der Waals surface area contributed by atoms with Gasteiger partial charge in [-0.25, -0.2) is 4.39 Å². The third-order valence-electron chi connectivity index (χ3n) is 3.26. The van der Waals surface area contributed by atoms with Crippen LogP contribution >= 0.6 is 0 Å². The van der Waals surface area contributed by atoms with Crippen molar-refractivity contribution in [3.05, 3.63) is 35.1 Å². The molecule has 0 aromatic heterocycles. The fraction of sp³-hybridized carbons (Fsp3) is 0.455. The maximum absolute atomic E-state index is 13.4. The lowest BCUT2D eigenvalue weighted by Crippen LogP contribution is -2.14. The van der Waals surface area contributed by atoms with Crippen molar-refractivity contribution in [1.82, 2.24) is 0 Å². The van der Waals surface area contributed by atoms with Crippen molar-refractivity contribution < 1.29 is 4.39 Å². The molecule has 0 radical (unpaired) electrons. The van der Waals surface area contributed by atoms with Crippen molar-refractivity contribution in [3.63, 3.8) is 0 Å². The third-order valence-corrected chi connectivity index (χ3v) is 3.26. The second-order valence-corrected chi connectivity index (χ2v) is 3.92. The van der Waals surface area contributed by atoms with Crippen molar-refractivity contribution >= 4 is 0 Å². The first kappa shape index (κ1) is 8.70. The van der Waals surface area contributed by atoms with Crippen LogP contribution in [-0.2, 0) is 0 Å². The lowest BCUT2D eigenvalue weighted by molar-refractivity contribution is 0.445. The predicted molar refractivity (Wildman–Crippen MR) is 50.9 cm³/mol. The molecule has 0 fully saturated rings. The highest BCUT2D eigenvalue weighted by Gasteiger charge is 2.34. The van der Waals surface area contributed by atoms with E-state index < -0.39 is 0 Å². The van der Waals surface area contributed by atoms with Gasteiger partial charge in [-0.05, 0) is 29.0 Å². The summed E-state index contributed by atoms with van der Waals surface area (Å²) < 4.78 is 13.4. The van der Waals surface area contributed by atoms with Crippen molar-refractivity contribution in [3.8, 4) is 0 Å². The minimum absolute atomic E-state index is 0.000648. The van der Waals surface area contributed by atoms with Gasteiger partial charge in [0.05, 0.1) is 0 Å². The van der Waals surface area contributed by atoms with Crippen LogP contribution in [0.3, 0.4) is 0 Å². The zero-order valence-electron chi connectivity index (χ0n) is 7.92. The summed E-state index contributed by atoms with van der Waals surface area (Å²) in [5, 5.41) is 0. The van der Waals surface area contributed by atoms with Crippen molar-refractivity contribution in [2.45, 2.75) is 25.8 Å². The molecule has 1 nitrogen and oxygen atoms in total. The molecule has 3 atom stereocenters. The summed E-state index contributed by atoms with van der Waals surface area (Å²) in [6.07, 6.45) is 0. The minimum atomic E-state index is -0.107. The molecule has 0 saturated carbocycles. The van der Waals surface area contributed by atoms with E-state index in [1.807, 2.05) is 13.0 Å². The average molecular weight is 179 g/mol. The largest absolute Gasteiger partial charge is 0.324 e. The summed E-state index contributed by atoms with van der Waals surface area (Å²) in [6, 6.07) is 5.18. The average Bonchev–Trinajstić information content (AvgIpc) is 2.33. The normalized spacial score (nSPS) is 31.8. The molecule has 0 heterocycles. The van der Waals surface area contributed by atoms with Gasteiger partial charge in [0.1, 0.15) is 5.82 Å². The number of nitrogens with two attached hydrogens (primary N) is 1. The maximum Gasteiger partial charge on any atom is 0.127 e. The van der Waals surface area contributed by atoms with Crippen LogP contribution in [0.25, 0.3) is 0 Å². The number of halogens is 1. The van der Waals surface area contributed by atoms with Crippen LogP contribution in [0, 0.1) is 11.7 Å². The Morgan fingerprint density at radius 2 is 2.00 bits per heavy atom. The Balaban J connectivity index is 2.60. The molecule has 1 aromatic rings. The second-order valence-electron chi connectivity index (χ2n) is 3.92. The van der Waals surface area contributed by atoms with Gasteiger partial charge >= 0.3 is 0 Å². The summed E-state index contributed by atoms with van der Waals surface area (Å²) in [5.74, 6) is 0.475.